The van der Waals surface area contributed by atoms with Gasteiger partial charge < -0.3 is 10.8 Å². The van der Waals surface area contributed by atoms with Gasteiger partial charge in [0.05, 0.1) is 16.4 Å². The zero-order chi connectivity index (χ0) is 17.1. The number of nitrogens with zero attached hydrogens (tertiary/aromatic N) is 2. The highest BCUT2D eigenvalue weighted by Gasteiger charge is 2.45. The molecule has 2 atom stereocenters. The number of carbonyl (C=O) groups is 2. The Balaban J connectivity index is 1.75. The first-order valence-corrected chi connectivity index (χ1v) is 10.4. The van der Waals surface area contributed by atoms with Crippen molar-refractivity contribution in [1.29, 1.82) is 0 Å². The van der Waals surface area contributed by atoms with Crippen molar-refractivity contribution >= 4 is 47.2 Å². The Morgan fingerprint density at radius 2 is 2.38 bits per heavy atom. The standard InChI is InChI=1S/C15H17N3O3S3/c16-2-4-22-8-9-7-17-3-1-11(9)23-14-5-10(15(20)21)18-12(19)6-13(18)24-14/h1,3,5,7,13-14H,2,4,6,8,16H2,(H,20,21)/t13-,14?/m1/s1. The maximum Gasteiger partial charge on any atom is 0.352 e. The smallest absolute Gasteiger partial charge is 0.352 e. The van der Waals surface area contributed by atoms with Crippen molar-refractivity contribution in [1.82, 2.24) is 9.88 Å². The van der Waals surface area contributed by atoms with Crippen molar-refractivity contribution in [2.24, 2.45) is 5.73 Å². The Bertz CT molecular complexity index is 683. The molecule has 1 aromatic rings. The summed E-state index contributed by atoms with van der Waals surface area (Å²) in [4.78, 5) is 29.7. The van der Waals surface area contributed by atoms with Gasteiger partial charge in [-0.05, 0) is 17.7 Å². The number of hydrogen-bond acceptors (Lipinski definition) is 7. The maximum atomic E-state index is 11.6. The van der Waals surface area contributed by atoms with Crippen molar-refractivity contribution in [3.63, 3.8) is 0 Å². The SMILES string of the molecule is NCCSCc1cnccc1SC1C=C(C(=O)O)N2C(=O)C[C@H]2S1. The summed E-state index contributed by atoms with van der Waals surface area (Å²) in [5.41, 5.74) is 6.75. The van der Waals surface area contributed by atoms with Crippen molar-refractivity contribution < 1.29 is 14.7 Å². The Kier molecular flexibility index (Phi) is 5.75. The number of aromatic nitrogens is 1. The van der Waals surface area contributed by atoms with Crippen LogP contribution in [0.4, 0.5) is 0 Å². The highest BCUT2D eigenvalue weighted by atomic mass is 32.2. The second-order valence-electron chi connectivity index (χ2n) is 5.23. The Morgan fingerprint density at radius 3 is 3.08 bits per heavy atom. The summed E-state index contributed by atoms with van der Waals surface area (Å²) in [6.45, 7) is 0.641. The van der Waals surface area contributed by atoms with Gasteiger partial charge in [0, 0.05) is 35.3 Å². The fourth-order valence-electron chi connectivity index (χ4n) is 2.45. The maximum absolute atomic E-state index is 11.6. The summed E-state index contributed by atoms with van der Waals surface area (Å²) in [7, 11) is 0. The monoisotopic (exact) mass is 383 g/mol. The van der Waals surface area contributed by atoms with E-state index in [0.717, 1.165) is 22.0 Å². The average Bonchev–Trinajstić information content (AvgIpc) is 2.55. The van der Waals surface area contributed by atoms with E-state index >= 15 is 0 Å². The van der Waals surface area contributed by atoms with E-state index in [2.05, 4.69) is 4.98 Å². The lowest BCUT2D eigenvalue weighted by molar-refractivity contribution is -0.146. The molecule has 1 unspecified atom stereocenters. The minimum atomic E-state index is -1.05. The predicted molar refractivity (Wildman–Crippen MR) is 97.7 cm³/mol. The average molecular weight is 384 g/mol. The molecule has 1 amide bonds. The summed E-state index contributed by atoms with van der Waals surface area (Å²) in [6.07, 6.45) is 5.67. The summed E-state index contributed by atoms with van der Waals surface area (Å²) in [6, 6.07) is 1.95. The molecule has 9 heteroatoms. The van der Waals surface area contributed by atoms with Crippen LogP contribution in [0.15, 0.2) is 35.1 Å². The number of β-lactam (4-membered cyclic amide) rings is 1. The fraction of sp³-hybridized carbons (Fsp3) is 0.400. The molecule has 2 aliphatic heterocycles. The molecule has 1 saturated heterocycles. The van der Waals surface area contributed by atoms with Gasteiger partial charge >= 0.3 is 5.97 Å². The molecule has 2 aliphatic rings. The predicted octanol–water partition coefficient (Wildman–Crippen LogP) is 1.97. The number of hydrogen-bond donors (Lipinski definition) is 2. The zero-order valence-electron chi connectivity index (χ0n) is 12.8. The van der Waals surface area contributed by atoms with Gasteiger partial charge in [-0.25, -0.2) is 4.79 Å². The van der Waals surface area contributed by atoms with E-state index in [9.17, 15) is 14.7 Å². The van der Waals surface area contributed by atoms with Crippen LogP contribution in [0.25, 0.3) is 0 Å². The highest BCUT2D eigenvalue weighted by molar-refractivity contribution is 8.17. The number of carboxylic acids is 1. The van der Waals surface area contributed by atoms with E-state index < -0.39 is 5.97 Å². The molecule has 1 fully saturated rings. The molecule has 1 aromatic heterocycles. The van der Waals surface area contributed by atoms with E-state index in [0.29, 0.717) is 13.0 Å². The van der Waals surface area contributed by atoms with Crippen LogP contribution < -0.4 is 5.73 Å². The molecule has 3 N–H and O–H groups in total. The normalized spacial score (nSPS) is 22.6. The quantitative estimate of drug-likeness (QED) is 0.545. The fourth-order valence-corrected chi connectivity index (χ4v) is 6.20. The lowest BCUT2D eigenvalue weighted by atomic mass is 10.1. The third-order valence-electron chi connectivity index (χ3n) is 3.59. The van der Waals surface area contributed by atoms with Crippen molar-refractivity contribution in [3.05, 3.63) is 35.8 Å². The van der Waals surface area contributed by atoms with Crippen LogP contribution in [-0.2, 0) is 15.3 Å². The number of fused-ring (bicyclic) bond motifs is 1. The van der Waals surface area contributed by atoms with Gasteiger partial charge in [-0.3, -0.25) is 14.7 Å². The molecular formula is C15H17N3O3S3. The molecule has 0 saturated carbocycles. The van der Waals surface area contributed by atoms with Gasteiger partial charge in [0.2, 0.25) is 5.91 Å². The first-order chi connectivity index (χ1) is 11.6. The molecule has 128 valence electrons. The third kappa shape index (κ3) is 3.74. The second kappa shape index (κ2) is 7.81. The Morgan fingerprint density at radius 1 is 1.54 bits per heavy atom. The largest absolute Gasteiger partial charge is 0.477 e. The van der Waals surface area contributed by atoms with Crippen molar-refractivity contribution in [3.8, 4) is 0 Å². The molecule has 24 heavy (non-hydrogen) atoms. The minimum absolute atomic E-state index is 0.0360. The molecule has 0 radical (unpaired) electrons. The van der Waals surface area contributed by atoms with Crippen LogP contribution in [0.5, 0.6) is 0 Å². The van der Waals surface area contributed by atoms with Gasteiger partial charge in [0.25, 0.3) is 0 Å². The van der Waals surface area contributed by atoms with E-state index in [1.54, 1.807) is 47.6 Å². The third-order valence-corrected chi connectivity index (χ3v) is 7.37. The van der Waals surface area contributed by atoms with Crippen LogP contribution in [-0.4, -0.2) is 49.1 Å². The lowest BCUT2D eigenvalue weighted by Gasteiger charge is -2.44. The summed E-state index contributed by atoms with van der Waals surface area (Å²) in [5.74, 6) is 0.549. The number of carbonyl (C=O) groups excluding carboxylic acids is 1. The molecule has 3 rings (SSSR count). The Labute approximate surface area is 152 Å². The Hall–Kier alpha value is -1.16. The summed E-state index contributed by atoms with van der Waals surface area (Å²) >= 11 is 4.98. The van der Waals surface area contributed by atoms with Crippen LogP contribution in [0.2, 0.25) is 0 Å². The van der Waals surface area contributed by atoms with E-state index in [1.807, 2.05) is 12.3 Å². The molecule has 3 heterocycles. The van der Waals surface area contributed by atoms with Crippen molar-refractivity contribution in [2.75, 3.05) is 12.3 Å². The van der Waals surface area contributed by atoms with Gasteiger partial charge in [-0.2, -0.15) is 11.8 Å². The molecule has 0 bridgehead atoms. The minimum Gasteiger partial charge on any atom is -0.477 e. The zero-order valence-corrected chi connectivity index (χ0v) is 15.2. The molecular weight excluding hydrogens is 366 g/mol. The first kappa shape index (κ1) is 17.7. The number of nitrogens with two attached hydrogens (primary N) is 1. The van der Waals surface area contributed by atoms with E-state index in [-0.39, 0.29) is 21.6 Å². The number of amides is 1. The van der Waals surface area contributed by atoms with E-state index in [4.69, 9.17) is 5.73 Å². The first-order valence-electron chi connectivity index (χ1n) is 7.40. The topological polar surface area (TPSA) is 96.5 Å². The number of thioether (sulfide) groups is 3. The molecule has 0 aliphatic carbocycles. The number of rotatable bonds is 7. The van der Waals surface area contributed by atoms with Gasteiger partial charge in [0.15, 0.2) is 0 Å². The molecule has 6 nitrogen and oxygen atoms in total. The summed E-state index contributed by atoms with van der Waals surface area (Å²) < 4.78 is -0.0360. The molecule has 0 spiro atoms. The lowest BCUT2D eigenvalue weighted by Crippen LogP contribution is -2.53. The highest BCUT2D eigenvalue weighted by Crippen LogP contribution is 2.46. The summed E-state index contributed by atoms with van der Waals surface area (Å²) in [5, 5.41) is 9.29. The molecule has 0 aromatic carbocycles. The van der Waals surface area contributed by atoms with Gasteiger partial charge in [-0.15, -0.1) is 23.5 Å². The number of carboxylic acid groups (broad SMARTS) is 1. The van der Waals surface area contributed by atoms with Crippen LogP contribution in [0, 0.1) is 0 Å². The number of aliphatic carboxylic acids is 1. The number of pyridine rings is 1. The van der Waals surface area contributed by atoms with Gasteiger partial charge in [0.1, 0.15) is 5.70 Å². The van der Waals surface area contributed by atoms with Crippen LogP contribution >= 0.6 is 35.3 Å². The van der Waals surface area contributed by atoms with Crippen molar-refractivity contribution in [2.45, 2.75) is 27.0 Å². The van der Waals surface area contributed by atoms with E-state index in [1.165, 1.54) is 4.90 Å². The van der Waals surface area contributed by atoms with Crippen LogP contribution in [0.3, 0.4) is 0 Å². The van der Waals surface area contributed by atoms with Gasteiger partial charge in [-0.1, -0.05) is 0 Å². The van der Waals surface area contributed by atoms with Crippen LogP contribution in [0.1, 0.15) is 12.0 Å². The second-order valence-corrected chi connectivity index (χ2v) is 9.14.